The molecule has 1 saturated heterocycles. The number of ether oxygens (including phenoxy) is 2. The summed E-state index contributed by atoms with van der Waals surface area (Å²) in [7, 11) is 1.75. The van der Waals surface area contributed by atoms with E-state index < -0.39 is 0 Å². The molecule has 1 aromatic carbocycles. The zero-order valence-corrected chi connectivity index (χ0v) is 21.5. The van der Waals surface area contributed by atoms with Gasteiger partial charge in [0.2, 0.25) is 0 Å². The Hall–Kier alpha value is -3.56. The third-order valence-electron chi connectivity index (χ3n) is 7.64. The van der Waals surface area contributed by atoms with Crippen molar-refractivity contribution in [2.75, 3.05) is 45.2 Å². The fraction of sp³-hybridized carbons (Fsp3) is 0.357. The first kappa shape index (κ1) is 22.6. The minimum atomic E-state index is 0.494. The van der Waals surface area contributed by atoms with Gasteiger partial charge < -0.3 is 29.0 Å². The number of benzene rings is 1. The number of hydrogen-bond donors (Lipinski definition) is 1. The minimum absolute atomic E-state index is 0.494. The van der Waals surface area contributed by atoms with E-state index in [0.29, 0.717) is 11.8 Å². The molecule has 4 aliphatic rings. The number of nitrogens with zero attached hydrogens (tertiary/aromatic N) is 4. The van der Waals surface area contributed by atoms with E-state index in [-0.39, 0.29) is 0 Å². The van der Waals surface area contributed by atoms with Crippen molar-refractivity contribution in [3.8, 4) is 11.5 Å². The van der Waals surface area contributed by atoms with E-state index in [1.165, 1.54) is 5.56 Å². The fourth-order valence-corrected chi connectivity index (χ4v) is 6.80. The van der Waals surface area contributed by atoms with Gasteiger partial charge in [0.1, 0.15) is 27.5 Å². The normalized spacial score (nSPS) is 21.4. The van der Waals surface area contributed by atoms with Crippen LogP contribution in [0.1, 0.15) is 29.9 Å². The molecule has 8 nitrogen and oxygen atoms in total. The molecule has 0 radical (unpaired) electrons. The molecule has 4 aliphatic heterocycles. The first-order valence-electron chi connectivity index (χ1n) is 12.8. The molecule has 0 aliphatic carbocycles. The number of unbranched alkanes of at least 4 members (excludes halogenated alkanes) is 1. The van der Waals surface area contributed by atoms with Gasteiger partial charge in [0.25, 0.3) is 0 Å². The maximum Gasteiger partial charge on any atom is 0.142 e. The summed E-state index contributed by atoms with van der Waals surface area (Å²) in [4.78, 5) is 14.2. The van der Waals surface area contributed by atoms with E-state index in [9.17, 15) is 0 Å². The summed E-state index contributed by atoms with van der Waals surface area (Å²) in [5, 5.41) is 3.48. The predicted molar refractivity (Wildman–Crippen MR) is 145 cm³/mol. The zero-order valence-electron chi connectivity index (χ0n) is 20.7. The lowest BCUT2D eigenvalue weighted by Crippen LogP contribution is -2.26. The lowest BCUT2D eigenvalue weighted by Gasteiger charge is -2.29. The number of aliphatic imine (C=N–C) groups is 1. The summed E-state index contributed by atoms with van der Waals surface area (Å²) < 4.78 is 19.0. The van der Waals surface area contributed by atoms with Crippen molar-refractivity contribution in [3.63, 3.8) is 0 Å². The third-order valence-corrected chi connectivity index (χ3v) is 8.66. The highest BCUT2D eigenvalue weighted by Crippen LogP contribution is 2.46. The van der Waals surface area contributed by atoms with Crippen molar-refractivity contribution in [1.82, 2.24) is 9.80 Å². The molecule has 0 amide bonds. The Balaban J connectivity index is 0.949. The molecule has 37 heavy (non-hydrogen) atoms. The van der Waals surface area contributed by atoms with Gasteiger partial charge in [-0.1, -0.05) is 6.07 Å². The average molecular weight is 516 g/mol. The molecule has 1 N–H and O–H groups in total. The van der Waals surface area contributed by atoms with Crippen LogP contribution in [0.4, 0.5) is 11.4 Å². The van der Waals surface area contributed by atoms with Gasteiger partial charge in [0.05, 0.1) is 49.0 Å². The molecule has 0 saturated carbocycles. The second-order valence-corrected chi connectivity index (χ2v) is 11.0. The Bertz CT molecular complexity index is 1480. The molecule has 1 fully saturated rings. The molecule has 6 heterocycles. The second kappa shape index (κ2) is 9.39. The van der Waals surface area contributed by atoms with Gasteiger partial charge in [0, 0.05) is 48.8 Å². The number of nitrogens with one attached hydrogen (secondary N) is 1. The van der Waals surface area contributed by atoms with Gasteiger partial charge in [-0.3, -0.25) is 0 Å². The number of furan rings is 1. The fourth-order valence-electron chi connectivity index (χ4n) is 5.80. The van der Waals surface area contributed by atoms with Crippen molar-refractivity contribution >= 4 is 40.9 Å². The number of anilines is 1. The smallest absolute Gasteiger partial charge is 0.142 e. The summed E-state index contributed by atoms with van der Waals surface area (Å²) in [5.74, 6) is 2.99. The van der Waals surface area contributed by atoms with Crippen LogP contribution in [-0.4, -0.2) is 56.0 Å². The van der Waals surface area contributed by atoms with Gasteiger partial charge in [-0.15, -0.1) is 11.3 Å². The van der Waals surface area contributed by atoms with Crippen molar-refractivity contribution in [1.29, 1.82) is 0 Å². The number of rotatable bonds is 7. The molecule has 190 valence electrons. The average Bonchev–Trinajstić information content (AvgIpc) is 3.68. The molecular formula is C28H29N5O3S. The number of hydrogen-bond acceptors (Lipinski definition) is 9. The van der Waals surface area contributed by atoms with Crippen LogP contribution in [0, 0.1) is 5.92 Å². The van der Waals surface area contributed by atoms with Crippen molar-refractivity contribution in [2.24, 2.45) is 15.9 Å². The summed E-state index contributed by atoms with van der Waals surface area (Å²) in [6.45, 7) is 5.03. The molecule has 0 spiro atoms. The lowest BCUT2D eigenvalue weighted by molar-refractivity contribution is 0.209. The monoisotopic (exact) mass is 515 g/mol. The second-order valence-electron chi connectivity index (χ2n) is 9.93. The predicted octanol–water partition coefficient (Wildman–Crippen LogP) is 4.00. The van der Waals surface area contributed by atoms with E-state index in [0.717, 1.165) is 89.0 Å². The first-order chi connectivity index (χ1) is 18.3. The van der Waals surface area contributed by atoms with Crippen LogP contribution in [0.25, 0.3) is 11.9 Å². The van der Waals surface area contributed by atoms with Gasteiger partial charge >= 0.3 is 0 Å². The number of fused-ring (bicyclic) bond motifs is 6. The molecule has 2 atom stereocenters. The molecular weight excluding hydrogens is 486 g/mol. The largest absolute Gasteiger partial charge is 0.496 e. The molecule has 0 bridgehead atoms. The topological polar surface area (TPSA) is 74.8 Å². The summed E-state index contributed by atoms with van der Waals surface area (Å²) in [6.07, 6.45) is 11.6. The SMILES string of the molecule is COc1cccc2c1[C@@H]1CN(CCCCN3C=Nc4c5c(sc4=C3)=NC=C(c3ccoc3)N5)C[C@@H]1CO2. The Morgan fingerprint density at radius 2 is 2.14 bits per heavy atom. The van der Waals surface area contributed by atoms with Crippen LogP contribution >= 0.6 is 11.3 Å². The Labute approximate surface area is 219 Å². The van der Waals surface area contributed by atoms with Crippen LogP contribution in [0.2, 0.25) is 0 Å². The summed E-state index contributed by atoms with van der Waals surface area (Å²) in [6, 6.07) is 8.07. The van der Waals surface area contributed by atoms with E-state index in [2.05, 4.69) is 38.4 Å². The van der Waals surface area contributed by atoms with Crippen LogP contribution in [0.15, 0.2) is 57.4 Å². The maximum absolute atomic E-state index is 6.07. The quantitative estimate of drug-likeness (QED) is 0.480. The van der Waals surface area contributed by atoms with Crippen LogP contribution < -0.4 is 24.0 Å². The van der Waals surface area contributed by atoms with Crippen molar-refractivity contribution < 1.29 is 13.9 Å². The zero-order chi connectivity index (χ0) is 24.8. The molecule has 3 aromatic rings. The summed E-state index contributed by atoms with van der Waals surface area (Å²) in [5.41, 5.74) is 5.10. The van der Waals surface area contributed by atoms with Gasteiger partial charge in [0.15, 0.2) is 0 Å². The van der Waals surface area contributed by atoms with E-state index >= 15 is 0 Å². The van der Waals surface area contributed by atoms with Crippen molar-refractivity contribution in [2.45, 2.75) is 18.8 Å². The van der Waals surface area contributed by atoms with Crippen LogP contribution in [0.5, 0.6) is 11.5 Å². The van der Waals surface area contributed by atoms with E-state index in [1.807, 2.05) is 24.7 Å². The Morgan fingerprint density at radius 3 is 3.03 bits per heavy atom. The van der Waals surface area contributed by atoms with E-state index in [4.69, 9.17) is 18.9 Å². The maximum atomic E-state index is 6.07. The number of thiophene rings is 1. The van der Waals surface area contributed by atoms with Gasteiger partial charge in [-0.05, 0) is 37.6 Å². The lowest BCUT2D eigenvalue weighted by atomic mass is 9.86. The Kier molecular flexibility index (Phi) is 5.74. The number of methoxy groups -OCH3 is 1. The van der Waals surface area contributed by atoms with Crippen molar-refractivity contribution in [3.05, 3.63) is 63.3 Å². The number of likely N-dealkylation sites (tertiary alicyclic amines) is 1. The molecule has 0 unspecified atom stereocenters. The third kappa shape index (κ3) is 4.12. The van der Waals surface area contributed by atoms with Crippen LogP contribution in [-0.2, 0) is 0 Å². The first-order valence-corrected chi connectivity index (χ1v) is 13.6. The summed E-state index contributed by atoms with van der Waals surface area (Å²) >= 11 is 1.67. The highest BCUT2D eigenvalue weighted by molar-refractivity contribution is 7.08. The van der Waals surface area contributed by atoms with Gasteiger partial charge in [-0.25, -0.2) is 9.98 Å². The molecule has 2 aromatic heterocycles. The molecule has 9 heteroatoms. The highest BCUT2D eigenvalue weighted by Gasteiger charge is 2.40. The highest BCUT2D eigenvalue weighted by atomic mass is 32.1. The van der Waals surface area contributed by atoms with Crippen LogP contribution in [0.3, 0.4) is 0 Å². The minimum Gasteiger partial charge on any atom is -0.496 e. The van der Waals surface area contributed by atoms with Gasteiger partial charge in [-0.2, -0.15) is 0 Å². The Morgan fingerprint density at radius 1 is 1.19 bits per heavy atom. The van der Waals surface area contributed by atoms with E-state index in [1.54, 1.807) is 31.0 Å². The molecule has 7 rings (SSSR count). The standard InChI is InChI=1S/C28H29N5O3S/c1-34-22-5-4-6-23-25(22)20-13-32(12-19(20)16-36-23)8-2-3-9-33-14-24-26(30-17-33)27-28(37-24)29-11-21(31-27)18-7-10-35-15-18/h4-7,10-11,14-15,17,19-20,31H,2-3,8-9,12-13,16H2,1H3/t19-,20-/m1/s1.